The van der Waals surface area contributed by atoms with Crippen molar-refractivity contribution in [2.75, 3.05) is 6.54 Å². The minimum absolute atomic E-state index is 0.111. The zero-order chi connectivity index (χ0) is 23.1. The van der Waals surface area contributed by atoms with Gasteiger partial charge in [-0.25, -0.2) is 4.98 Å². The Kier molecular flexibility index (Phi) is 8.09. The number of carbonyl (C=O) groups is 2. The quantitative estimate of drug-likeness (QED) is 0.450. The Hall–Kier alpha value is -3.09. The summed E-state index contributed by atoms with van der Waals surface area (Å²) >= 11 is 0. The summed E-state index contributed by atoms with van der Waals surface area (Å²) < 4.78 is 7.16. The lowest BCUT2D eigenvalue weighted by atomic mass is 10.2. The summed E-state index contributed by atoms with van der Waals surface area (Å²) in [6.45, 7) is 9.10. The zero-order valence-electron chi connectivity index (χ0n) is 19.5. The molecule has 0 spiro atoms. The van der Waals surface area contributed by atoms with Crippen molar-refractivity contribution in [3.63, 3.8) is 0 Å². The minimum Gasteiger partial charge on any atom is -0.459 e. The van der Waals surface area contributed by atoms with Crippen LogP contribution < -0.4 is 5.32 Å². The number of furan rings is 1. The molecule has 0 unspecified atom stereocenters. The molecule has 3 aromatic rings. The maximum atomic E-state index is 13.1. The first kappa shape index (κ1) is 23.6. The number of benzene rings is 1. The van der Waals surface area contributed by atoms with Gasteiger partial charge in [-0.05, 0) is 64.8 Å². The van der Waals surface area contributed by atoms with E-state index in [1.165, 1.54) is 6.26 Å². The molecule has 0 radical (unpaired) electrons. The van der Waals surface area contributed by atoms with Gasteiger partial charge in [-0.3, -0.25) is 9.59 Å². The molecule has 2 amide bonds. The van der Waals surface area contributed by atoms with Crippen LogP contribution in [0.15, 0.2) is 47.1 Å². The van der Waals surface area contributed by atoms with Crippen molar-refractivity contribution < 1.29 is 14.0 Å². The van der Waals surface area contributed by atoms with Gasteiger partial charge in [0.1, 0.15) is 12.4 Å². The summed E-state index contributed by atoms with van der Waals surface area (Å²) in [5, 5.41) is 2.87. The largest absolute Gasteiger partial charge is 0.459 e. The van der Waals surface area contributed by atoms with Crippen LogP contribution in [-0.4, -0.2) is 44.9 Å². The number of hydrogen-bond acceptors (Lipinski definition) is 4. The molecule has 1 N–H and O–H groups in total. The molecule has 0 saturated carbocycles. The Morgan fingerprint density at radius 3 is 2.47 bits per heavy atom. The Balaban J connectivity index is 1.59. The molecule has 0 aliphatic heterocycles. The van der Waals surface area contributed by atoms with Crippen molar-refractivity contribution in [1.29, 1.82) is 0 Å². The molecule has 2 aromatic heterocycles. The summed E-state index contributed by atoms with van der Waals surface area (Å²) in [5.41, 5.74) is 1.91. The van der Waals surface area contributed by atoms with Gasteiger partial charge in [0.05, 0.1) is 17.3 Å². The number of unbranched alkanes of at least 4 members (excludes halogenated alkanes) is 2. The standard InChI is InChI=1S/C25H34N4O3/c1-18(2)29(19(3)4)24(30)17-28-21-12-8-7-11-20(21)27-23(28)14-6-5-9-15-26-25(31)22-13-10-16-32-22/h7-8,10-13,16,18-19H,5-6,9,14-15,17H2,1-4H3,(H,26,31). The number of carbonyl (C=O) groups excluding carboxylic acids is 2. The Morgan fingerprint density at radius 1 is 1.03 bits per heavy atom. The molecule has 32 heavy (non-hydrogen) atoms. The number of nitrogens with zero attached hydrogens (tertiary/aromatic N) is 3. The Bertz CT molecular complexity index is 1010. The highest BCUT2D eigenvalue weighted by Gasteiger charge is 2.22. The lowest BCUT2D eigenvalue weighted by Gasteiger charge is -2.31. The first-order valence-corrected chi connectivity index (χ1v) is 11.5. The van der Waals surface area contributed by atoms with Gasteiger partial charge in [0.2, 0.25) is 5.91 Å². The first-order chi connectivity index (χ1) is 15.4. The van der Waals surface area contributed by atoms with Crippen LogP contribution in [0.4, 0.5) is 0 Å². The van der Waals surface area contributed by atoms with Gasteiger partial charge >= 0.3 is 0 Å². The second-order valence-corrected chi connectivity index (χ2v) is 8.64. The molecule has 7 nitrogen and oxygen atoms in total. The van der Waals surface area contributed by atoms with Crippen molar-refractivity contribution in [3.8, 4) is 0 Å². The van der Waals surface area contributed by atoms with E-state index in [0.29, 0.717) is 18.8 Å². The van der Waals surface area contributed by atoms with Gasteiger partial charge in [-0.2, -0.15) is 0 Å². The number of hydrogen-bond donors (Lipinski definition) is 1. The molecule has 172 valence electrons. The normalized spacial score (nSPS) is 11.4. The third-order valence-corrected chi connectivity index (χ3v) is 5.54. The predicted octanol–water partition coefficient (Wildman–Crippen LogP) is 4.42. The highest BCUT2D eigenvalue weighted by Crippen LogP contribution is 2.19. The molecule has 0 fully saturated rings. The van der Waals surface area contributed by atoms with Gasteiger partial charge in [0, 0.05) is 25.0 Å². The monoisotopic (exact) mass is 438 g/mol. The van der Waals surface area contributed by atoms with Crippen molar-refractivity contribution in [2.24, 2.45) is 0 Å². The molecule has 3 rings (SSSR count). The van der Waals surface area contributed by atoms with Gasteiger partial charge in [-0.15, -0.1) is 0 Å². The molecule has 2 heterocycles. The summed E-state index contributed by atoms with van der Waals surface area (Å²) in [4.78, 5) is 31.7. The van der Waals surface area contributed by atoms with E-state index < -0.39 is 0 Å². The summed E-state index contributed by atoms with van der Waals surface area (Å²) in [5.74, 6) is 1.20. The average Bonchev–Trinajstić information content (AvgIpc) is 3.39. The fraction of sp³-hybridized carbons (Fsp3) is 0.480. The lowest BCUT2D eigenvalue weighted by molar-refractivity contribution is -0.135. The van der Waals surface area contributed by atoms with Crippen LogP contribution in [0.5, 0.6) is 0 Å². The number of aromatic nitrogens is 2. The highest BCUT2D eigenvalue weighted by molar-refractivity contribution is 5.91. The van der Waals surface area contributed by atoms with E-state index in [0.717, 1.165) is 42.5 Å². The van der Waals surface area contributed by atoms with Crippen LogP contribution in [0, 0.1) is 0 Å². The van der Waals surface area contributed by atoms with E-state index >= 15 is 0 Å². The number of imidazole rings is 1. The first-order valence-electron chi connectivity index (χ1n) is 11.5. The van der Waals surface area contributed by atoms with Crippen molar-refractivity contribution in [3.05, 3.63) is 54.2 Å². The molecular weight excluding hydrogens is 404 g/mol. The molecule has 0 bridgehead atoms. The Labute approximate surface area is 189 Å². The number of aryl methyl sites for hydroxylation is 1. The fourth-order valence-electron chi connectivity index (χ4n) is 4.16. The molecule has 0 aliphatic carbocycles. The average molecular weight is 439 g/mol. The smallest absolute Gasteiger partial charge is 0.286 e. The van der Waals surface area contributed by atoms with E-state index in [-0.39, 0.29) is 23.9 Å². The summed E-state index contributed by atoms with van der Waals surface area (Å²) in [7, 11) is 0. The van der Waals surface area contributed by atoms with Crippen molar-refractivity contribution >= 4 is 22.8 Å². The van der Waals surface area contributed by atoms with Crippen molar-refractivity contribution in [2.45, 2.75) is 72.0 Å². The van der Waals surface area contributed by atoms with Crippen LogP contribution >= 0.6 is 0 Å². The predicted molar refractivity (Wildman–Crippen MR) is 125 cm³/mol. The van der Waals surface area contributed by atoms with Crippen LogP contribution in [0.3, 0.4) is 0 Å². The molecule has 1 aromatic carbocycles. The number of rotatable bonds is 11. The molecule has 7 heteroatoms. The highest BCUT2D eigenvalue weighted by atomic mass is 16.3. The molecule has 0 atom stereocenters. The maximum absolute atomic E-state index is 13.1. The summed E-state index contributed by atoms with van der Waals surface area (Å²) in [6.07, 6.45) is 5.05. The van der Waals surface area contributed by atoms with E-state index in [9.17, 15) is 9.59 Å². The molecule has 0 saturated heterocycles. The summed E-state index contributed by atoms with van der Waals surface area (Å²) in [6, 6.07) is 11.6. The van der Waals surface area contributed by atoms with E-state index in [2.05, 4.69) is 37.6 Å². The number of nitrogens with one attached hydrogen (secondary N) is 1. The number of para-hydroxylation sites is 2. The minimum atomic E-state index is -0.185. The van der Waals surface area contributed by atoms with Gasteiger partial charge in [0.25, 0.3) is 5.91 Å². The topological polar surface area (TPSA) is 80.4 Å². The van der Waals surface area contributed by atoms with E-state index in [4.69, 9.17) is 9.40 Å². The van der Waals surface area contributed by atoms with Crippen LogP contribution in [0.2, 0.25) is 0 Å². The Morgan fingerprint density at radius 2 is 1.78 bits per heavy atom. The molecular formula is C25H34N4O3. The second kappa shape index (κ2) is 11.0. The maximum Gasteiger partial charge on any atom is 0.286 e. The van der Waals surface area contributed by atoms with Gasteiger partial charge < -0.3 is 19.2 Å². The second-order valence-electron chi connectivity index (χ2n) is 8.64. The third-order valence-electron chi connectivity index (χ3n) is 5.54. The zero-order valence-corrected chi connectivity index (χ0v) is 19.5. The van der Waals surface area contributed by atoms with Crippen molar-refractivity contribution in [1.82, 2.24) is 19.8 Å². The number of fused-ring (bicyclic) bond motifs is 1. The fourth-order valence-corrected chi connectivity index (χ4v) is 4.16. The SMILES string of the molecule is CC(C)N(C(=O)Cn1c(CCCCCNC(=O)c2ccco2)nc2ccccc21)C(C)C. The lowest BCUT2D eigenvalue weighted by Crippen LogP contribution is -2.43. The van der Waals surface area contributed by atoms with Gasteiger partial charge in [-0.1, -0.05) is 18.6 Å². The van der Waals surface area contributed by atoms with Crippen LogP contribution in [0.1, 0.15) is 63.3 Å². The number of amides is 2. The van der Waals surface area contributed by atoms with Gasteiger partial charge in [0.15, 0.2) is 5.76 Å². The van der Waals surface area contributed by atoms with Crippen LogP contribution in [0.25, 0.3) is 11.0 Å². The van der Waals surface area contributed by atoms with Crippen LogP contribution in [-0.2, 0) is 17.8 Å². The third kappa shape index (κ3) is 5.78. The molecule has 0 aliphatic rings. The van der Waals surface area contributed by atoms with E-state index in [1.54, 1.807) is 12.1 Å². The van der Waals surface area contributed by atoms with E-state index in [1.807, 2.05) is 29.2 Å².